The molecule has 0 radical (unpaired) electrons. The summed E-state index contributed by atoms with van der Waals surface area (Å²) >= 11 is 1.82. The lowest BCUT2D eigenvalue weighted by Crippen LogP contribution is -2.00. The van der Waals surface area contributed by atoms with Gasteiger partial charge in [-0.25, -0.2) is 15.0 Å². The Morgan fingerprint density at radius 3 is 1.19 bits per heavy atom. The molecule has 10 aromatic carbocycles. The zero-order valence-electron chi connectivity index (χ0n) is 34.5. The number of hydrogen-bond acceptors (Lipinski definition) is 4. The summed E-state index contributed by atoms with van der Waals surface area (Å²) in [4.78, 5) is 15.4. The van der Waals surface area contributed by atoms with Gasteiger partial charge in [-0.15, -0.1) is 11.3 Å². The van der Waals surface area contributed by atoms with Crippen molar-refractivity contribution in [2.24, 2.45) is 0 Å². The predicted octanol–water partition coefficient (Wildman–Crippen LogP) is 16.0. The molecule has 13 aromatic rings. The van der Waals surface area contributed by atoms with Gasteiger partial charge in [-0.3, -0.25) is 0 Å². The van der Waals surface area contributed by atoms with Crippen LogP contribution in [0.1, 0.15) is 0 Å². The summed E-state index contributed by atoms with van der Waals surface area (Å²) in [7, 11) is 0. The SMILES string of the molecule is c1ccc(-c2nc(-c3ccccc3)nc(-c3cccc4c3sc3c(-n5c6cc(-c7ccccc7)c7ccccc7c6c6c7ccccc7c(-c7ccccc7)cc65)cccc34)n2)cc1. The Kier molecular flexibility index (Phi) is 8.36. The minimum atomic E-state index is 0.649. The molecule has 0 saturated heterocycles. The number of aromatic nitrogens is 4. The highest BCUT2D eigenvalue weighted by atomic mass is 32.1. The average Bonchev–Trinajstić information content (AvgIpc) is 3.93. The number of benzene rings is 10. The zero-order chi connectivity index (χ0) is 42.1. The lowest BCUT2D eigenvalue weighted by Gasteiger charge is -2.13. The normalized spacial score (nSPS) is 11.8. The van der Waals surface area contributed by atoms with Crippen molar-refractivity contribution in [3.05, 3.63) is 218 Å². The number of fused-ring (bicyclic) bond motifs is 10. The lowest BCUT2D eigenvalue weighted by molar-refractivity contribution is 1.08. The van der Waals surface area contributed by atoms with Crippen molar-refractivity contribution in [1.29, 1.82) is 0 Å². The van der Waals surface area contributed by atoms with Gasteiger partial charge in [-0.05, 0) is 68.1 Å². The fourth-order valence-electron chi connectivity index (χ4n) is 9.79. The zero-order valence-corrected chi connectivity index (χ0v) is 35.3. The fourth-order valence-corrected chi connectivity index (χ4v) is 11.1. The molecular formula is C59H36N4S. The van der Waals surface area contributed by atoms with Crippen LogP contribution in [0.4, 0.5) is 0 Å². The van der Waals surface area contributed by atoms with Crippen molar-refractivity contribution in [3.63, 3.8) is 0 Å². The highest BCUT2D eigenvalue weighted by Gasteiger charge is 2.24. The van der Waals surface area contributed by atoms with E-state index in [0.717, 1.165) is 27.1 Å². The van der Waals surface area contributed by atoms with Crippen LogP contribution in [-0.2, 0) is 0 Å². The first kappa shape index (κ1) is 36.4. The van der Waals surface area contributed by atoms with E-state index >= 15 is 0 Å². The first-order valence-electron chi connectivity index (χ1n) is 21.6. The molecule has 5 heteroatoms. The topological polar surface area (TPSA) is 43.6 Å². The predicted molar refractivity (Wildman–Crippen MR) is 269 cm³/mol. The third-order valence-corrected chi connectivity index (χ3v) is 13.9. The quantitative estimate of drug-likeness (QED) is 0.168. The molecule has 13 rings (SSSR count). The van der Waals surface area contributed by atoms with Crippen LogP contribution in [0, 0.1) is 0 Å². The molecule has 0 unspecified atom stereocenters. The van der Waals surface area contributed by atoms with Crippen molar-refractivity contribution in [2.45, 2.75) is 0 Å². The second-order valence-electron chi connectivity index (χ2n) is 16.3. The maximum Gasteiger partial charge on any atom is 0.165 e. The van der Waals surface area contributed by atoms with E-state index in [1.54, 1.807) is 0 Å². The Hall–Kier alpha value is -8.25. The van der Waals surface area contributed by atoms with E-state index in [1.807, 2.05) is 47.7 Å². The van der Waals surface area contributed by atoms with Gasteiger partial charge in [0.05, 0.1) is 21.4 Å². The van der Waals surface area contributed by atoms with E-state index in [-0.39, 0.29) is 0 Å². The van der Waals surface area contributed by atoms with E-state index < -0.39 is 0 Å². The van der Waals surface area contributed by atoms with Crippen molar-refractivity contribution in [3.8, 4) is 62.1 Å². The third-order valence-electron chi connectivity index (χ3n) is 12.6. The van der Waals surface area contributed by atoms with Crippen molar-refractivity contribution in [2.75, 3.05) is 0 Å². The molecule has 0 aliphatic rings. The van der Waals surface area contributed by atoms with Gasteiger partial charge in [0.15, 0.2) is 17.5 Å². The Balaban J connectivity index is 1.14. The molecule has 0 atom stereocenters. The van der Waals surface area contributed by atoms with Crippen molar-refractivity contribution >= 4 is 74.9 Å². The molecule has 0 fully saturated rings. The Bertz CT molecular complexity index is 3740. The molecule has 0 amide bonds. The number of hydrogen-bond donors (Lipinski definition) is 0. The van der Waals surface area contributed by atoms with E-state index in [1.165, 1.54) is 81.1 Å². The van der Waals surface area contributed by atoms with Crippen LogP contribution in [0.15, 0.2) is 218 Å². The molecule has 0 bridgehead atoms. The van der Waals surface area contributed by atoms with Crippen LogP contribution in [0.5, 0.6) is 0 Å². The maximum absolute atomic E-state index is 5.19. The van der Waals surface area contributed by atoms with Gasteiger partial charge in [0, 0.05) is 42.9 Å². The Morgan fingerprint density at radius 2 is 0.688 bits per heavy atom. The fraction of sp³-hybridized carbons (Fsp3) is 0. The number of nitrogens with zero attached hydrogens (tertiary/aromatic N) is 4. The maximum atomic E-state index is 5.19. The van der Waals surface area contributed by atoms with Crippen LogP contribution in [0.3, 0.4) is 0 Å². The van der Waals surface area contributed by atoms with Crippen molar-refractivity contribution < 1.29 is 0 Å². The lowest BCUT2D eigenvalue weighted by atomic mass is 9.92. The molecule has 0 aliphatic heterocycles. The van der Waals surface area contributed by atoms with Crippen LogP contribution < -0.4 is 0 Å². The molecule has 4 nitrogen and oxygen atoms in total. The number of thiophene rings is 1. The van der Waals surface area contributed by atoms with Gasteiger partial charge in [-0.1, -0.05) is 194 Å². The Labute approximate surface area is 373 Å². The molecule has 3 heterocycles. The van der Waals surface area contributed by atoms with Gasteiger partial charge in [0.25, 0.3) is 0 Å². The third kappa shape index (κ3) is 5.72. The summed E-state index contributed by atoms with van der Waals surface area (Å²) in [6.07, 6.45) is 0. The summed E-state index contributed by atoms with van der Waals surface area (Å²) in [5.41, 5.74) is 11.2. The van der Waals surface area contributed by atoms with Gasteiger partial charge < -0.3 is 4.57 Å². The molecule has 298 valence electrons. The highest BCUT2D eigenvalue weighted by molar-refractivity contribution is 7.26. The second kappa shape index (κ2) is 14.7. The summed E-state index contributed by atoms with van der Waals surface area (Å²) in [6, 6.07) is 78.1. The van der Waals surface area contributed by atoms with E-state index in [2.05, 4.69) is 187 Å². The van der Waals surface area contributed by atoms with Gasteiger partial charge >= 0.3 is 0 Å². The summed E-state index contributed by atoms with van der Waals surface area (Å²) in [5, 5.41) is 9.84. The smallest absolute Gasteiger partial charge is 0.165 e. The molecule has 0 saturated carbocycles. The number of rotatable bonds is 6. The second-order valence-corrected chi connectivity index (χ2v) is 17.3. The van der Waals surface area contributed by atoms with Gasteiger partial charge in [-0.2, -0.15) is 0 Å². The average molecular weight is 833 g/mol. The van der Waals surface area contributed by atoms with E-state index in [9.17, 15) is 0 Å². The van der Waals surface area contributed by atoms with E-state index in [4.69, 9.17) is 15.0 Å². The first-order chi connectivity index (χ1) is 31.8. The van der Waals surface area contributed by atoms with Crippen LogP contribution >= 0.6 is 11.3 Å². The summed E-state index contributed by atoms with van der Waals surface area (Å²) in [5.74, 6) is 1.95. The first-order valence-corrected chi connectivity index (χ1v) is 22.4. The van der Waals surface area contributed by atoms with Crippen LogP contribution in [0.25, 0.3) is 126 Å². The van der Waals surface area contributed by atoms with Gasteiger partial charge in [0.1, 0.15) is 0 Å². The molecule has 0 aliphatic carbocycles. The van der Waals surface area contributed by atoms with E-state index in [0.29, 0.717) is 17.5 Å². The summed E-state index contributed by atoms with van der Waals surface area (Å²) < 4.78 is 4.89. The summed E-state index contributed by atoms with van der Waals surface area (Å²) in [6.45, 7) is 0. The minimum absolute atomic E-state index is 0.649. The monoisotopic (exact) mass is 832 g/mol. The van der Waals surface area contributed by atoms with Crippen LogP contribution in [0.2, 0.25) is 0 Å². The molecular weight excluding hydrogens is 797 g/mol. The largest absolute Gasteiger partial charge is 0.308 e. The van der Waals surface area contributed by atoms with Crippen molar-refractivity contribution in [1.82, 2.24) is 19.5 Å². The van der Waals surface area contributed by atoms with Crippen LogP contribution in [-0.4, -0.2) is 19.5 Å². The molecule has 0 spiro atoms. The molecule has 64 heavy (non-hydrogen) atoms. The molecule has 3 aromatic heterocycles. The molecule has 0 N–H and O–H groups in total. The minimum Gasteiger partial charge on any atom is -0.308 e. The highest BCUT2D eigenvalue weighted by Crippen LogP contribution is 2.49. The van der Waals surface area contributed by atoms with Gasteiger partial charge in [0.2, 0.25) is 0 Å². The standard InChI is InChI=1S/C59H36N4S/c1-5-19-37(20-6-1)48-35-51-53(43-29-15-13-27-41(43)48)54-44-30-16-14-28-42(44)49(38-21-7-2-8-22-38)36-52(54)63(51)50-34-18-32-46-45-31-17-33-47(55(45)64-56(46)50)59-61-57(39-23-9-3-10-24-39)60-58(62-59)40-25-11-4-12-26-40/h1-36H. The Morgan fingerprint density at radius 1 is 0.297 bits per heavy atom.